The number of benzene rings is 4. The van der Waals surface area contributed by atoms with E-state index >= 15 is 0 Å². The van der Waals surface area contributed by atoms with Crippen molar-refractivity contribution in [1.29, 1.82) is 5.26 Å². The maximum atomic E-state index is 9.20. The molecule has 4 aromatic rings. The summed E-state index contributed by atoms with van der Waals surface area (Å²) in [5.41, 5.74) is 6.66. The second-order valence-corrected chi connectivity index (χ2v) is 9.56. The van der Waals surface area contributed by atoms with E-state index in [1.807, 2.05) is 120 Å². The predicted octanol–water partition coefficient (Wildman–Crippen LogP) is 6.74. The number of rotatable bonds is 4. The summed E-state index contributed by atoms with van der Waals surface area (Å²) in [6.45, 7) is 5.96. The van der Waals surface area contributed by atoms with Gasteiger partial charge in [-0.05, 0) is 51.0 Å². The Hall–Kier alpha value is -4.70. The number of nitrogens with zero attached hydrogens (tertiary/aromatic N) is 7. The molecule has 0 fully saturated rings. The minimum Gasteiger partial charge on any atom is -0.510 e. The van der Waals surface area contributed by atoms with Crippen LogP contribution in [0.15, 0.2) is 110 Å². The number of fused-ring (bicyclic) bond motifs is 1. The molecule has 42 heavy (non-hydrogen) atoms. The molecular formula is C34H27IrN7-6. The number of hydrogen-bond acceptors (Lipinski definition) is 7. The maximum Gasteiger partial charge on any atom is 0.0726 e. The van der Waals surface area contributed by atoms with Crippen molar-refractivity contribution >= 4 is 34.1 Å². The van der Waals surface area contributed by atoms with Crippen molar-refractivity contribution < 1.29 is 20.1 Å². The molecule has 3 aliphatic rings. The van der Waals surface area contributed by atoms with Crippen molar-refractivity contribution in [3.63, 3.8) is 0 Å². The summed E-state index contributed by atoms with van der Waals surface area (Å²) >= 11 is 0. The monoisotopic (exact) mass is 726 g/mol. The van der Waals surface area contributed by atoms with E-state index in [-0.39, 0.29) is 20.1 Å². The molecule has 0 N–H and O–H groups in total. The van der Waals surface area contributed by atoms with Crippen molar-refractivity contribution in [2.24, 2.45) is 0 Å². The molecule has 213 valence electrons. The van der Waals surface area contributed by atoms with Crippen molar-refractivity contribution in [2.75, 3.05) is 33.7 Å². The summed E-state index contributed by atoms with van der Waals surface area (Å²) in [5, 5.41) is 9.20. The van der Waals surface area contributed by atoms with Crippen LogP contribution in [0.2, 0.25) is 0 Å². The Morgan fingerprint density at radius 3 is 1.48 bits per heavy atom. The van der Waals surface area contributed by atoms with Gasteiger partial charge in [0.25, 0.3) is 0 Å². The van der Waals surface area contributed by atoms with Crippen LogP contribution < -0.4 is 19.6 Å². The van der Waals surface area contributed by atoms with Crippen molar-refractivity contribution in [3.05, 3.63) is 153 Å². The second-order valence-electron chi connectivity index (χ2n) is 9.56. The van der Waals surface area contributed by atoms with Crippen LogP contribution in [0.3, 0.4) is 0 Å². The fourth-order valence-corrected chi connectivity index (χ4v) is 4.63. The third-order valence-electron chi connectivity index (χ3n) is 6.60. The molecular weight excluding hydrogens is 699 g/mol. The summed E-state index contributed by atoms with van der Waals surface area (Å²) in [6.07, 6.45) is 7.77. The molecule has 8 heteroatoms. The van der Waals surface area contributed by atoms with Gasteiger partial charge in [-0.3, -0.25) is 0 Å². The Morgan fingerprint density at radius 1 is 0.619 bits per heavy atom. The quantitative estimate of drug-likeness (QED) is 0.216. The number of nitriles is 1. The minimum absolute atomic E-state index is 0. The zero-order chi connectivity index (χ0) is 28.2. The topological polar surface area (TPSA) is 43.2 Å². The minimum atomic E-state index is 0. The molecule has 0 saturated carbocycles. The molecule has 0 saturated heterocycles. The molecule has 7 rings (SSSR count). The summed E-state index contributed by atoms with van der Waals surface area (Å²) in [6, 6.07) is 40.1. The number of hydrogen-bond donors (Lipinski definition) is 0. The van der Waals surface area contributed by atoms with Gasteiger partial charge in [0.15, 0.2) is 0 Å². The van der Waals surface area contributed by atoms with Gasteiger partial charge in [0.2, 0.25) is 0 Å². The fourth-order valence-electron chi connectivity index (χ4n) is 4.63. The third kappa shape index (κ3) is 6.13. The molecule has 0 amide bonds. The van der Waals surface area contributed by atoms with Gasteiger partial charge < -0.3 is 29.4 Å². The SMILES string of the molecule is CN1C=CN(c2[c-]c(N3C=CN(C)[CH-]3)cc(C#N)c2)[CH-]1.[Ir].[c-]1ccccc1N1[CH-]N(c2[c-]cccc2)c2ccccc21. The van der Waals surface area contributed by atoms with Gasteiger partial charge in [0.1, 0.15) is 0 Å². The number of anilines is 6. The van der Waals surface area contributed by atoms with Crippen molar-refractivity contribution in [2.45, 2.75) is 0 Å². The van der Waals surface area contributed by atoms with Crippen molar-refractivity contribution in [3.8, 4) is 6.07 Å². The van der Waals surface area contributed by atoms with E-state index in [1.165, 1.54) is 0 Å². The molecule has 0 aliphatic carbocycles. The van der Waals surface area contributed by atoms with Gasteiger partial charge in [-0.1, -0.05) is 17.7 Å². The van der Waals surface area contributed by atoms with E-state index in [9.17, 15) is 5.26 Å². The molecule has 0 bridgehead atoms. The first-order chi connectivity index (χ1) is 20.1. The zero-order valence-electron chi connectivity index (χ0n) is 23.1. The van der Waals surface area contributed by atoms with E-state index in [2.05, 4.69) is 77.1 Å². The van der Waals surface area contributed by atoms with Gasteiger partial charge in [0.05, 0.1) is 6.07 Å². The molecule has 0 atom stereocenters. The van der Waals surface area contributed by atoms with E-state index in [0.29, 0.717) is 5.56 Å². The van der Waals surface area contributed by atoms with Crippen LogP contribution in [0.1, 0.15) is 5.56 Å². The summed E-state index contributed by atoms with van der Waals surface area (Å²) < 4.78 is 0. The van der Waals surface area contributed by atoms with Gasteiger partial charge in [-0.25, -0.2) is 0 Å². The molecule has 0 spiro atoms. The Labute approximate surface area is 261 Å². The Balaban J connectivity index is 0.000000164. The molecule has 3 aliphatic heterocycles. The van der Waals surface area contributed by atoms with Crippen LogP contribution in [-0.4, -0.2) is 23.9 Å². The molecule has 4 aromatic carbocycles. The average Bonchev–Trinajstić information content (AvgIpc) is 3.76. The second kappa shape index (κ2) is 12.9. The van der Waals surface area contributed by atoms with Gasteiger partial charge in [-0.15, -0.1) is 47.6 Å². The van der Waals surface area contributed by atoms with Gasteiger partial charge >= 0.3 is 0 Å². The van der Waals surface area contributed by atoms with Crippen LogP contribution in [0.5, 0.6) is 0 Å². The number of para-hydroxylation sites is 4. The van der Waals surface area contributed by atoms with Gasteiger partial charge in [-0.2, -0.15) is 79.3 Å². The smallest absolute Gasteiger partial charge is 0.0726 e. The van der Waals surface area contributed by atoms with E-state index < -0.39 is 0 Å². The van der Waals surface area contributed by atoms with Crippen LogP contribution in [0.25, 0.3) is 0 Å². The summed E-state index contributed by atoms with van der Waals surface area (Å²) in [7, 11) is 3.91. The molecule has 1 radical (unpaired) electrons. The Morgan fingerprint density at radius 2 is 1.10 bits per heavy atom. The van der Waals surface area contributed by atoms with Gasteiger partial charge in [0, 0.05) is 31.5 Å². The van der Waals surface area contributed by atoms with Crippen LogP contribution in [-0.2, 0) is 20.1 Å². The molecule has 3 heterocycles. The van der Waals surface area contributed by atoms with E-state index in [4.69, 9.17) is 0 Å². The first-order valence-electron chi connectivity index (χ1n) is 13.1. The maximum absolute atomic E-state index is 9.20. The Bertz CT molecular complexity index is 1490. The molecule has 0 unspecified atom stereocenters. The molecule has 7 nitrogen and oxygen atoms in total. The van der Waals surface area contributed by atoms with E-state index in [1.54, 1.807) is 0 Å². The summed E-state index contributed by atoms with van der Waals surface area (Å²) in [5.74, 6) is 0. The molecule has 0 aromatic heterocycles. The van der Waals surface area contributed by atoms with Crippen LogP contribution in [0, 0.1) is 49.5 Å². The standard InChI is InChI=1S/C19H13N2.C15H14N5.Ir/c1-3-9-16(10-4-1)20-15-21(17-11-5-2-6-12-17)19-14-8-7-13-18(19)20;1-17-3-5-19(11-17)14-7-13(10-16)8-15(9-14)20-6-4-18(2)12-20;/h1-9,11,13-15H;3-8,11-12H,1-2H3;/q2*-3;. The van der Waals surface area contributed by atoms with E-state index in [0.717, 1.165) is 34.1 Å². The fraction of sp³-hybridized carbons (Fsp3) is 0.0588. The predicted molar refractivity (Wildman–Crippen MR) is 163 cm³/mol. The van der Waals surface area contributed by atoms with Crippen LogP contribution >= 0.6 is 0 Å². The average molecular weight is 726 g/mol. The largest absolute Gasteiger partial charge is 0.510 e. The summed E-state index contributed by atoms with van der Waals surface area (Å²) in [4.78, 5) is 12.1. The first-order valence-corrected chi connectivity index (χ1v) is 13.1. The Kier molecular flexibility index (Phi) is 8.82. The van der Waals surface area contributed by atoms with Crippen molar-refractivity contribution in [1.82, 2.24) is 9.80 Å². The third-order valence-corrected chi connectivity index (χ3v) is 6.60. The normalized spacial score (nSPS) is 14.9. The first kappa shape index (κ1) is 28.8. The zero-order valence-corrected chi connectivity index (χ0v) is 25.5. The van der Waals surface area contributed by atoms with Crippen LogP contribution in [0.4, 0.5) is 34.1 Å².